The third kappa shape index (κ3) is 3.44. The highest BCUT2D eigenvalue weighted by atomic mass is 28.4. The van der Waals surface area contributed by atoms with E-state index in [-0.39, 0.29) is 5.41 Å². The Labute approximate surface area is 111 Å². The second-order valence-electron chi connectivity index (χ2n) is 6.53. The van der Waals surface area contributed by atoms with Crippen LogP contribution in [0.25, 0.3) is 0 Å². The zero-order chi connectivity index (χ0) is 14.0. The van der Waals surface area contributed by atoms with Gasteiger partial charge in [0.05, 0.1) is 6.54 Å². The van der Waals surface area contributed by atoms with Crippen LogP contribution < -0.4 is 0 Å². The van der Waals surface area contributed by atoms with Gasteiger partial charge in [0.2, 0.25) is 0 Å². The van der Waals surface area contributed by atoms with E-state index in [0.717, 1.165) is 0 Å². The Morgan fingerprint density at radius 2 is 1.94 bits per heavy atom. The molecule has 0 aliphatic carbocycles. The van der Waals surface area contributed by atoms with Crippen molar-refractivity contribution in [1.29, 1.82) is 0 Å². The largest absolute Gasteiger partial charge is 0.400 e. The molecule has 0 unspecified atom stereocenters. The van der Waals surface area contributed by atoms with Crippen molar-refractivity contribution < 1.29 is 4.43 Å². The molecule has 0 aromatic carbocycles. The fourth-order valence-corrected chi connectivity index (χ4v) is 3.25. The van der Waals surface area contributed by atoms with Crippen LogP contribution in [0.15, 0.2) is 12.7 Å². The van der Waals surface area contributed by atoms with Crippen molar-refractivity contribution >= 4 is 8.32 Å². The Hall–Kier alpha value is -1.12. The lowest BCUT2D eigenvalue weighted by Crippen LogP contribution is -2.53. The number of hydrogen-bond donors (Lipinski definition) is 0. The van der Waals surface area contributed by atoms with Crippen LogP contribution in [0, 0.1) is 17.8 Å². The van der Waals surface area contributed by atoms with Crippen LogP contribution in [0.1, 0.15) is 20.8 Å². The molecule has 0 saturated carbocycles. The van der Waals surface area contributed by atoms with E-state index in [1.807, 2.05) is 0 Å². The molecule has 0 aliphatic rings. The monoisotopic (exact) mass is 265 g/mol. The molecule has 1 aromatic rings. The quantitative estimate of drug-likeness (QED) is 0.620. The lowest BCUT2D eigenvalue weighted by Gasteiger charge is -2.44. The second kappa shape index (κ2) is 4.86. The van der Waals surface area contributed by atoms with E-state index in [1.165, 1.54) is 6.33 Å². The maximum Gasteiger partial charge on any atom is 0.185 e. The first-order valence-electron chi connectivity index (χ1n) is 6.10. The van der Waals surface area contributed by atoms with Gasteiger partial charge in [-0.3, -0.25) is 0 Å². The van der Waals surface area contributed by atoms with Gasteiger partial charge in [0.1, 0.15) is 18.3 Å². The lowest BCUT2D eigenvalue weighted by atomic mass is 9.77. The van der Waals surface area contributed by atoms with Gasteiger partial charge in [0, 0.05) is 5.41 Å². The SMILES string of the molecule is C#C[C@](Cn1cncn1)(O[Si](C)(C)C)C(C)(C)C. The zero-order valence-corrected chi connectivity index (χ0v) is 13.2. The first-order chi connectivity index (χ1) is 8.10. The summed E-state index contributed by atoms with van der Waals surface area (Å²) >= 11 is 0. The van der Waals surface area contributed by atoms with Crippen molar-refractivity contribution in [3.05, 3.63) is 12.7 Å². The predicted molar refractivity (Wildman–Crippen MR) is 75.5 cm³/mol. The van der Waals surface area contributed by atoms with Gasteiger partial charge in [-0.15, -0.1) is 6.42 Å². The second-order valence-corrected chi connectivity index (χ2v) is 11.0. The van der Waals surface area contributed by atoms with E-state index < -0.39 is 13.9 Å². The van der Waals surface area contributed by atoms with E-state index >= 15 is 0 Å². The molecule has 0 N–H and O–H groups in total. The third-order valence-corrected chi connectivity index (χ3v) is 3.74. The Bertz CT molecular complexity index is 423. The smallest absolute Gasteiger partial charge is 0.185 e. The summed E-state index contributed by atoms with van der Waals surface area (Å²) in [6, 6.07) is 0. The van der Waals surface area contributed by atoms with E-state index in [2.05, 4.69) is 56.4 Å². The van der Waals surface area contributed by atoms with Gasteiger partial charge >= 0.3 is 0 Å². The minimum absolute atomic E-state index is 0.173. The van der Waals surface area contributed by atoms with Crippen LogP contribution in [0.5, 0.6) is 0 Å². The average Bonchev–Trinajstić information content (AvgIpc) is 2.65. The molecule has 0 saturated heterocycles. The summed E-state index contributed by atoms with van der Waals surface area (Å²) in [6.07, 6.45) is 8.99. The predicted octanol–water partition coefficient (Wildman–Crippen LogP) is 2.55. The van der Waals surface area contributed by atoms with E-state index in [4.69, 9.17) is 10.8 Å². The number of aromatic nitrogens is 3. The van der Waals surface area contributed by atoms with Crippen molar-refractivity contribution in [2.75, 3.05) is 0 Å². The van der Waals surface area contributed by atoms with Gasteiger partial charge in [0.15, 0.2) is 8.32 Å². The van der Waals surface area contributed by atoms with E-state index in [0.29, 0.717) is 6.54 Å². The molecule has 0 spiro atoms. The third-order valence-electron chi connectivity index (χ3n) is 2.78. The highest BCUT2D eigenvalue weighted by Crippen LogP contribution is 2.37. The Kier molecular flexibility index (Phi) is 4.04. The summed E-state index contributed by atoms with van der Waals surface area (Å²) < 4.78 is 8.07. The number of hydrogen-bond acceptors (Lipinski definition) is 3. The summed E-state index contributed by atoms with van der Waals surface area (Å²) in [5.41, 5.74) is -0.834. The summed E-state index contributed by atoms with van der Waals surface area (Å²) in [6.45, 7) is 13.3. The van der Waals surface area contributed by atoms with Gasteiger partial charge in [-0.05, 0) is 19.6 Å². The topological polar surface area (TPSA) is 39.9 Å². The molecule has 1 rings (SSSR count). The first-order valence-corrected chi connectivity index (χ1v) is 9.51. The fraction of sp³-hybridized carbons (Fsp3) is 0.692. The van der Waals surface area contributed by atoms with Crippen LogP contribution in [0.4, 0.5) is 0 Å². The molecule has 0 bridgehead atoms. The number of terminal acetylenes is 1. The molecule has 0 amide bonds. The standard InChI is InChI=1S/C13H23N3OSi/c1-8-13(12(2,3)4,17-18(5,6)7)9-16-11-14-10-15-16/h1,10-11H,9H2,2-7H3/t13-/m1/s1. The van der Waals surface area contributed by atoms with Gasteiger partial charge < -0.3 is 4.43 Å². The zero-order valence-electron chi connectivity index (χ0n) is 12.2. The molecule has 0 fully saturated rings. The Morgan fingerprint density at radius 3 is 2.28 bits per heavy atom. The maximum absolute atomic E-state index is 6.33. The Morgan fingerprint density at radius 1 is 1.33 bits per heavy atom. The molecule has 1 heterocycles. The molecule has 4 nitrogen and oxygen atoms in total. The van der Waals surface area contributed by atoms with E-state index in [9.17, 15) is 0 Å². The van der Waals surface area contributed by atoms with Crippen LogP contribution in [0.3, 0.4) is 0 Å². The molecular weight excluding hydrogens is 242 g/mol. The summed E-state index contributed by atoms with van der Waals surface area (Å²) in [4.78, 5) is 3.96. The van der Waals surface area contributed by atoms with Crippen molar-refractivity contribution in [1.82, 2.24) is 14.8 Å². The van der Waals surface area contributed by atoms with Crippen LogP contribution in [0.2, 0.25) is 19.6 Å². The fourth-order valence-electron chi connectivity index (χ4n) is 1.78. The van der Waals surface area contributed by atoms with Gasteiger partial charge in [0.25, 0.3) is 0 Å². The van der Waals surface area contributed by atoms with Crippen LogP contribution in [-0.2, 0) is 11.0 Å². The maximum atomic E-state index is 6.33. The van der Waals surface area contributed by atoms with Crippen LogP contribution in [-0.4, -0.2) is 28.7 Å². The minimum Gasteiger partial charge on any atom is -0.400 e. The van der Waals surface area contributed by atoms with Gasteiger partial charge in [-0.25, -0.2) is 9.67 Å². The average molecular weight is 265 g/mol. The van der Waals surface area contributed by atoms with Crippen molar-refractivity contribution in [2.24, 2.45) is 5.41 Å². The Balaban J connectivity index is 3.12. The van der Waals surface area contributed by atoms with Gasteiger partial charge in [-0.1, -0.05) is 26.7 Å². The normalized spacial score (nSPS) is 16.1. The molecule has 1 atom stereocenters. The molecule has 0 aliphatic heterocycles. The highest BCUT2D eigenvalue weighted by Gasteiger charge is 2.45. The van der Waals surface area contributed by atoms with Crippen molar-refractivity contribution in [2.45, 2.75) is 52.6 Å². The van der Waals surface area contributed by atoms with Crippen molar-refractivity contribution in [3.63, 3.8) is 0 Å². The van der Waals surface area contributed by atoms with Crippen molar-refractivity contribution in [3.8, 4) is 12.3 Å². The van der Waals surface area contributed by atoms with Crippen LogP contribution >= 0.6 is 0 Å². The van der Waals surface area contributed by atoms with Gasteiger partial charge in [-0.2, -0.15) is 5.10 Å². The molecular formula is C13H23N3OSi. The van der Waals surface area contributed by atoms with E-state index in [1.54, 1.807) is 11.0 Å². The summed E-state index contributed by atoms with van der Waals surface area (Å²) in [7, 11) is -1.76. The summed E-state index contributed by atoms with van der Waals surface area (Å²) in [5.74, 6) is 2.87. The number of rotatable bonds is 4. The lowest BCUT2D eigenvalue weighted by molar-refractivity contribution is -0.00456. The first kappa shape index (κ1) is 14.9. The molecule has 0 radical (unpaired) electrons. The molecule has 18 heavy (non-hydrogen) atoms. The highest BCUT2D eigenvalue weighted by molar-refractivity contribution is 6.69. The molecule has 100 valence electrons. The summed E-state index contributed by atoms with van der Waals surface area (Å²) in [5, 5.41) is 4.14. The molecule has 1 aromatic heterocycles. The minimum atomic E-state index is -1.76. The molecule has 5 heteroatoms. The number of nitrogens with zero attached hydrogens (tertiary/aromatic N) is 3.